The maximum atomic E-state index is 13.4. The van der Waals surface area contributed by atoms with Gasteiger partial charge in [0, 0.05) is 11.4 Å². The van der Waals surface area contributed by atoms with Crippen LogP contribution in [0.25, 0.3) is 0 Å². The van der Waals surface area contributed by atoms with Gasteiger partial charge in [-0.1, -0.05) is 37.3 Å². The van der Waals surface area contributed by atoms with Crippen LogP contribution in [0.2, 0.25) is 0 Å². The van der Waals surface area contributed by atoms with Gasteiger partial charge in [-0.3, -0.25) is 9.59 Å². The minimum atomic E-state index is -0.704. The van der Waals surface area contributed by atoms with Crippen molar-refractivity contribution in [3.8, 4) is 5.75 Å². The Morgan fingerprint density at radius 3 is 2.67 bits per heavy atom. The summed E-state index contributed by atoms with van der Waals surface area (Å²) in [6.07, 6.45) is 0.124. The van der Waals surface area contributed by atoms with Crippen LogP contribution in [0.1, 0.15) is 29.8 Å². The Labute approximate surface area is 196 Å². The van der Waals surface area contributed by atoms with Gasteiger partial charge in [0.15, 0.2) is 6.10 Å². The average Bonchev–Trinajstić information content (AvgIpc) is 3.36. The van der Waals surface area contributed by atoms with Gasteiger partial charge in [0.2, 0.25) is 5.91 Å². The van der Waals surface area contributed by atoms with E-state index in [4.69, 9.17) is 4.74 Å². The van der Waals surface area contributed by atoms with E-state index in [0.29, 0.717) is 12.3 Å². The zero-order valence-electron chi connectivity index (χ0n) is 18.3. The van der Waals surface area contributed by atoms with E-state index >= 15 is 0 Å². The molecule has 0 radical (unpaired) electrons. The van der Waals surface area contributed by atoms with E-state index in [0.717, 1.165) is 22.5 Å². The SMILES string of the molecule is CCCNC(=O)[C@H]1CN(CC(=O)N[C@@H](c2ccc(F)cc2)c2cccs2)c2ccccc2O1. The minimum absolute atomic E-state index is 0.0565. The van der Waals surface area contributed by atoms with Crippen molar-refractivity contribution in [2.24, 2.45) is 0 Å². The van der Waals surface area contributed by atoms with E-state index in [1.165, 1.54) is 23.5 Å². The van der Waals surface area contributed by atoms with Gasteiger partial charge in [-0.25, -0.2) is 4.39 Å². The minimum Gasteiger partial charge on any atom is -0.477 e. The lowest BCUT2D eigenvalue weighted by Crippen LogP contribution is -2.51. The van der Waals surface area contributed by atoms with Crippen molar-refractivity contribution in [3.63, 3.8) is 0 Å². The molecule has 3 aromatic rings. The van der Waals surface area contributed by atoms with Crippen molar-refractivity contribution in [1.82, 2.24) is 10.6 Å². The van der Waals surface area contributed by atoms with E-state index in [-0.39, 0.29) is 30.7 Å². The van der Waals surface area contributed by atoms with Crippen LogP contribution < -0.4 is 20.3 Å². The average molecular weight is 468 g/mol. The number of para-hydroxylation sites is 2. The van der Waals surface area contributed by atoms with Crippen LogP contribution in [-0.4, -0.2) is 37.6 Å². The second kappa shape index (κ2) is 10.5. The van der Waals surface area contributed by atoms with Gasteiger partial charge >= 0.3 is 0 Å². The molecule has 8 heteroatoms. The van der Waals surface area contributed by atoms with Gasteiger partial charge in [-0.15, -0.1) is 11.3 Å². The fraction of sp³-hybridized carbons (Fsp3) is 0.280. The maximum absolute atomic E-state index is 13.4. The number of ether oxygens (including phenoxy) is 1. The van der Waals surface area contributed by atoms with Crippen LogP contribution in [0.5, 0.6) is 5.75 Å². The Balaban J connectivity index is 1.52. The van der Waals surface area contributed by atoms with Crippen LogP contribution in [0.3, 0.4) is 0 Å². The van der Waals surface area contributed by atoms with Crippen molar-refractivity contribution in [2.45, 2.75) is 25.5 Å². The Morgan fingerprint density at radius 1 is 1.15 bits per heavy atom. The van der Waals surface area contributed by atoms with Crippen LogP contribution >= 0.6 is 11.3 Å². The summed E-state index contributed by atoms with van der Waals surface area (Å²) in [5.41, 5.74) is 1.56. The predicted molar refractivity (Wildman–Crippen MR) is 127 cm³/mol. The molecule has 2 aromatic carbocycles. The lowest BCUT2D eigenvalue weighted by atomic mass is 10.1. The molecule has 4 rings (SSSR count). The lowest BCUT2D eigenvalue weighted by molar-refractivity contribution is -0.128. The number of nitrogens with one attached hydrogen (secondary N) is 2. The first-order valence-corrected chi connectivity index (χ1v) is 11.8. The lowest BCUT2D eigenvalue weighted by Gasteiger charge is -2.35. The molecule has 0 aliphatic carbocycles. The molecule has 1 aromatic heterocycles. The van der Waals surface area contributed by atoms with E-state index < -0.39 is 12.1 Å². The molecule has 33 heavy (non-hydrogen) atoms. The van der Waals surface area contributed by atoms with Gasteiger partial charge in [-0.05, 0) is 47.7 Å². The molecule has 0 bridgehead atoms. The maximum Gasteiger partial charge on any atom is 0.262 e. The Hall–Kier alpha value is -3.39. The fourth-order valence-electron chi connectivity index (χ4n) is 3.76. The highest BCUT2D eigenvalue weighted by Gasteiger charge is 2.32. The smallest absolute Gasteiger partial charge is 0.262 e. The predicted octanol–water partition coefficient (Wildman–Crippen LogP) is 3.89. The van der Waals surface area contributed by atoms with E-state index in [1.54, 1.807) is 18.2 Å². The normalized spacial score (nSPS) is 15.8. The molecule has 2 heterocycles. The monoisotopic (exact) mass is 467 g/mol. The zero-order chi connectivity index (χ0) is 23.2. The molecular formula is C25H26FN3O3S. The molecule has 6 nitrogen and oxygen atoms in total. The largest absolute Gasteiger partial charge is 0.477 e. The van der Waals surface area contributed by atoms with Crippen molar-refractivity contribution in [3.05, 3.63) is 82.3 Å². The summed E-state index contributed by atoms with van der Waals surface area (Å²) in [5.74, 6) is -0.157. The first-order valence-electron chi connectivity index (χ1n) is 10.9. The van der Waals surface area contributed by atoms with Crippen LogP contribution in [0.4, 0.5) is 10.1 Å². The van der Waals surface area contributed by atoms with Gasteiger partial charge < -0.3 is 20.3 Å². The van der Waals surface area contributed by atoms with E-state index in [1.807, 2.05) is 47.5 Å². The standard InChI is InChI=1S/C25H26FN3O3S/c1-2-13-27-25(31)21-15-29(19-6-3-4-7-20(19)32-21)16-23(30)28-24(22-8-5-14-33-22)17-9-11-18(26)12-10-17/h3-12,14,21,24H,2,13,15-16H2,1H3,(H,27,31)(H,28,30)/t21-,24+/m1/s1. The summed E-state index contributed by atoms with van der Waals surface area (Å²) in [5, 5.41) is 7.88. The second-order valence-electron chi connectivity index (χ2n) is 7.81. The molecule has 172 valence electrons. The fourth-order valence-corrected chi connectivity index (χ4v) is 4.57. The molecule has 1 aliphatic heterocycles. The molecule has 0 spiro atoms. The molecular weight excluding hydrogens is 441 g/mol. The molecule has 0 unspecified atom stereocenters. The molecule has 0 saturated carbocycles. The Morgan fingerprint density at radius 2 is 1.94 bits per heavy atom. The van der Waals surface area contributed by atoms with Crippen LogP contribution in [0, 0.1) is 5.82 Å². The summed E-state index contributed by atoms with van der Waals surface area (Å²) < 4.78 is 19.4. The number of amides is 2. The summed E-state index contributed by atoms with van der Waals surface area (Å²) >= 11 is 1.52. The number of fused-ring (bicyclic) bond motifs is 1. The number of carbonyl (C=O) groups excluding carboxylic acids is 2. The van der Waals surface area contributed by atoms with Gasteiger partial charge in [0.1, 0.15) is 11.6 Å². The number of thiophene rings is 1. The van der Waals surface area contributed by atoms with Crippen molar-refractivity contribution in [2.75, 3.05) is 24.5 Å². The Bertz CT molecular complexity index is 1090. The number of benzene rings is 2. The van der Waals surface area contributed by atoms with Gasteiger partial charge in [-0.2, -0.15) is 0 Å². The van der Waals surface area contributed by atoms with Gasteiger partial charge in [0.05, 0.1) is 24.8 Å². The quantitative estimate of drug-likeness (QED) is 0.527. The number of nitrogens with zero attached hydrogens (tertiary/aromatic N) is 1. The molecule has 2 amide bonds. The number of hydrogen-bond acceptors (Lipinski definition) is 5. The first-order chi connectivity index (χ1) is 16.0. The number of halogens is 1. The van der Waals surface area contributed by atoms with Crippen molar-refractivity contribution in [1.29, 1.82) is 0 Å². The number of rotatable bonds is 8. The zero-order valence-corrected chi connectivity index (χ0v) is 19.1. The van der Waals surface area contributed by atoms with E-state index in [2.05, 4.69) is 10.6 Å². The summed E-state index contributed by atoms with van der Waals surface area (Å²) in [7, 11) is 0. The highest BCUT2D eigenvalue weighted by Crippen LogP contribution is 2.33. The molecule has 2 atom stereocenters. The summed E-state index contributed by atoms with van der Waals surface area (Å²) in [4.78, 5) is 28.5. The first kappa shape index (κ1) is 22.8. The molecule has 0 fully saturated rings. The number of carbonyl (C=O) groups is 2. The van der Waals surface area contributed by atoms with Crippen LogP contribution in [0.15, 0.2) is 66.0 Å². The summed E-state index contributed by atoms with van der Waals surface area (Å²) in [6.45, 7) is 2.88. The van der Waals surface area contributed by atoms with E-state index in [9.17, 15) is 14.0 Å². The third-order valence-electron chi connectivity index (χ3n) is 5.37. The molecule has 1 aliphatic rings. The topological polar surface area (TPSA) is 70.7 Å². The molecule has 0 saturated heterocycles. The van der Waals surface area contributed by atoms with Crippen molar-refractivity contribution < 1.29 is 18.7 Å². The highest BCUT2D eigenvalue weighted by atomic mass is 32.1. The second-order valence-corrected chi connectivity index (χ2v) is 8.79. The third-order valence-corrected chi connectivity index (χ3v) is 6.31. The van der Waals surface area contributed by atoms with Gasteiger partial charge in [0.25, 0.3) is 5.91 Å². The third kappa shape index (κ3) is 5.51. The van der Waals surface area contributed by atoms with Crippen LogP contribution in [-0.2, 0) is 9.59 Å². The summed E-state index contributed by atoms with van der Waals surface area (Å²) in [6, 6.07) is 17.0. The number of anilines is 1. The molecule has 2 N–H and O–H groups in total. The van der Waals surface area contributed by atoms with Crippen molar-refractivity contribution >= 4 is 28.8 Å². The Kier molecular flexibility index (Phi) is 7.24. The highest BCUT2D eigenvalue weighted by molar-refractivity contribution is 7.10. The number of hydrogen-bond donors (Lipinski definition) is 2.